The van der Waals surface area contributed by atoms with Gasteiger partial charge in [-0.25, -0.2) is 9.78 Å². The molecule has 0 radical (unpaired) electrons. The Bertz CT molecular complexity index is 727. The van der Waals surface area contributed by atoms with Crippen LogP contribution in [-0.4, -0.2) is 37.4 Å². The summed E-state index contributed by atoms with van der Waals surface area (Å²) in [6.45, 7) is 0. The first-order valence-electron chi connectivity index (χ1n) is 5.42. The van der Waals surface area contributed by atoms with Gasteiger partial charge in [-0.2, -0.15) is 0 Å². The van der Waals surface area contributed by atoms with Gasteiger partial charge in [0.25, 0.3) is 0 Å². The first-order chi connectivity index (χ1) is 9.43. The van der Waals surface area contributed by atoms with E-state index in [0.717, 1.165) is 11.5 Å². The fourth-order valence-corrected chi connectivity index (χ4v) is 2.18. The first-order valence-corrected chi connectivity index (χ1v) is 6.85. The van der Waals surface area contributed by atoms with E-state index in [0.29, 0.717) is 5.56 Å². The summed E-state index contributed by atoms with van der Waals surface area (Å²) >= 11 is 0. The maximum atomic E-state index is 12.0. The predicted molar refractivity (Wildman–Crippen MR) is 69.5 cm³/mol. The minimum absolute atomic E-state index is 0.0166. The van der Waals surface area contributed by atoms with Gasteiger partial charge in [0, 0.05) is 12.4 Å². The Balaban J connectivity index is 2.64. The van der Waals surface area contributed by atoms with E-state index in [2.05, 4.69) is 9.72 Å². The third-order valence-electron chi connectivity index (χ3n) is 2.56. The molecular formula is C11H11N2O6P. The van der Waals surface area contributed by atoms with Crippen molar-refractivity contribution in [2.45, 2.75) is 6.16 Å². The van der Waals surface area contributed by atoms with Crippen LogP contribution in [0, 0.1) is 0 Å². The zero-order chi connectivity index (χ0) is 14.9. The first kappa shape index (κ1) is 14.4. The molecule has 0 amide bonds. The third-order valence-corrected chi connectivity index (χ3v) is 3.21. The average Bonchev–Trinajstić information content (AvgIpc) is 2.41. The highest BCUT2D eigenvalue weighted by molar-refractivity contribution is 7.44. The summed E-state index contributed by atoms with van der Waals surface area (Å²) < 4.78 is 5.45. The van der Waals surface area contributed by atoms with Gasteiger partial charge in [-0.05, 0) is 11.6 Å². The molecule has 0 saturated carbocycles. The Morgan fingerprint density at radius 2 is 2.15 bits per heavy atom. The topological polar surface area (TPSA) is 121 Å². The molecule has 3 N–H and O–H groups in total. The highest BCUT2D eigenvalue weighted by Gasteiger charge is 2.19. The van der Waals surface area contributed by atoms with E-state index in [1.54, 1.807) is 6.07 Å². The molecule has 2 aromatic heterocycles. The van der Waals surface area contributed by atoms with Gasteiger partial charge in [0.2, 0.25) is 5.75 Å². The van der Waals surface area contributed by atoms with Crippen molar-refractivity contribution in [2.24, 2.45) is 0 Å². The summed E-state index contributed by atoms with van der Waals surface area (Å²) in [5.74, 6) is -1.73. The van der Waals surface area contributed by atoms with Gasteiger partial charge < -0.3 is 19.6 Å². The molecule has 0 saturated heterocycles. The number of rotatable bonds is 3. The molecule has 20 heavy (non-hydrogen) atoms. The smallest absolute Gasteiger partial charge is 0.360 e. The summed E-state index contributed by atoms with van der Waals surface area (Å²) in [7, 11) is -1.03. The molecule has 106 valence electrons. The van der Waals surface area contributed by atoms with Crippen molar-refractivity contribution < 1.29 is 24.4 Å². The summed E-state index contributed by atoms with van der Waals surface area (Å²) in [5, 5.41) is 9.68. The molecule has 0 spiro atoms. The number of methoxy groups -OCH3 is 1. The molecule has 0 aliphatic heterocycles. The third kappa shape index (κ3) is 2.62. The fraction of sp³-hybridized carbons (Fsp3) is 0.182. The zero-order valence-corrected chi connectivity index (χ0v) is 11.2. The van der Waals surface area contributed by atoms with Crippen molar-refractivity contribution in [1.82, 2.24) is 9.38 Å². The van der Waals surface area contributed by atoms with Crippen molar-refractivity contribution in [1.29, 1.82) is 0 Å². The van der Waals surface area contributed by atoms with E-state index in [1.165, 1.54) is 12.3 Å². The van der Waals surface area contributed by atoms with Gasteiger partial charge in [-0.3, -0.25) is 9.20 Å². The summed E-state index contributed by atoms with van der Waals surface area (Å²) in [6.07, 6.45) is 1.31. The monoisotopic (exact) mass is 298 g/mol. The van der Waals surface area contributed by atoms with Crippen LogP contribution in [0.25, 0.3) is 5.65 Å². The summed E-state index contributed by atoms with van der Waals surface area (Å²) in [5.41, 5.74) is -0.672. The van der Waals surface area contributed by atoms with Gasteiger partial charge in [0.1, 0.15) is 5.65 Å². The number of hydrogen-bond acceptors (Lipinski definition) is 7. The molecule has 0 bridgehead atoms. The zero-order valence-electron chi connectivity index (χ0n) is 10.3. The molecule has 0 aromatic carbocycles. The van der Waals surface area contributed by atoms with Crippen LogP contribution in [0.15, 0.2) is 23.1 Å². The summed E-state index contributed by atoms with van der Waals surface area (Å²) in [4.78, 5) is 45.1. The molecule has 0 unspecified atom stereocenters. The standard InChI is InChI=1S/C11H11N2O6P/c1-19-11(16)8-9(14)10(15)13-4-6(5-20(17)18)2-3-7(13)12-8/h2-4,14,17-18H,5H2,1H3. The summed E-state index contributed by atoms with van der Waals surface area (Å²) in [6, 6.07) is 2.98. The van der Waals surface area contributed by atoms with Gasteiger partial charge in [-0.1, -0.05) is 6.07 Å². The lowest BCUT2D eigenvalue weighted by molar-refractivity contribution is 0.0590. The molecule has 9 heteroatoms. The second-order valence-electron chi connectivity index (χ2n) is 3.90. The Kier molecular flexibility index (Phi) is 3.99. The van der Waals surface area contributed by atoms with Crippen LogP contribution in [0.2, 0.25) is 0 Å². The molecule has 2 aromatic rings. The average molecular weight is 298 g/mol. The lowest BCUT2D eigenvalue weighted by atomic mass is 10.3. The van der Waals surface area contributed by atoms with E-state index in [4.69, 9.17) is 9.79 Å². The fourth-order valence-electron chi connectivity index (χ4n) is 1.67. The van der Waals surface area contributed by atoms with Crippen molar-refractivity contribution in [2.75, 3.05) is 7.11 Å². The number of ether oxygens (including phenoxy) is 1. The molecule has 2 rings (SSSR count). The number of pyridine rings is 1. The second kappa shape index (κ2) is 5.54. The normalized spacial score (nSPS) is 11.0. The van der Waals surface area contributed by atoms with E-state index in [9.17, 15) is 14.7 Å². The van der Waals surface area contributed by atoms with E-state index < -0.39 is 31.3 Å². The van der Waals surface area contributed by atoms with Crippen molar-refractivity contribution >= 4 is 20.0 Å². The number of aromatic nitrogens is 2. The molecule has 8 nitrogen and oxygen atoms in total. The van der Waals surface area contributed by atoms with E-state index in [-0.39, 0.29) is 11.8 Å². The van der Waals surface area contributed by atoms with E-state index in [1.807, 2.05) is 0 Å². The maximum Gasteiger partial charge on any atom is 0.360 e. The lowest BCUT2D eigenvalue weighted by Gasteiger charge is -2.08. The van der Waals surface area contributed by atoms with Crippen LogP contribution in [0.5, 0.6) is 5.75 Å². The second-order valence-corrected chi connectivity index (χ2v) is 4.96. The minimum atomic E-state index is -2.14. The molecule has 0 fully saturated rings. The number of fused-ring (bicyclic) bond motifs is 1. The number of aromatic hydroxyl groups is 1. The quantitative estimate of drug-likeness (QED) is 0.538. The number of carbonyl (C=O) groups is 1. The van der Waals surface area contributed by atoms with Crippen molar-refractivity contribution in [3.63, 3.8) is 0 Å². The molecule has 2 heterocycles. The SMILES string of the molecule is COC(=O)c1nc2ccc(CP(O)O)cn2c(=O)c1O. The van der Waals surface area contributed by atoms with Crippen LogP contribution in [-0.2, 0) is 10.9 Å². The highest BCUT2D eigenvalue weighted by Crippen LogP contribution is 2.28. The van der Waals surface area contributed by atoms with Gasteiger partial charge in [0.15, 0.2) is 14.1 Å². The largest absolute Gasteiger partial charge is 0.501 e. The van der Waals surface area contributed by atoms with Crippen molar-refractivity contribution in [3.05, 3.63) is 39.9 Å². The van der Waals surface area contributed by atoms with Crippen LogP contribution in [0.1, 0.15) is 16.1 Å². The number of esters is 1. The number of carbonyl (C=O) groups excluding carboxylic acids is 1. The number of nitrogens with zero attached hydrogens (tertiary/aromatic N) is 2. The van der Waals surface area contributed by atoms with Crippen LogP contribution in [0.4, 0.5) is 0 Å². The minimum Gasteiger partial charge on any atom is -0.501 e. The molecular weight excluding hydrogens is 287 g/mol. The van der Waals surface area contributed by atoms with Gasteiger partial charge in [0.05, 0.1) is 7.11 Å². The van der Waals surface area contributed by atoms with Gasteiger partial charge in [-0.15, -0.1) is 0 Å². The Labute approximate surface area is 113 Å². The van der Waals surface area contributed by atoms with E-state index >= 15 is 0 Å². The van der Waals surface area contributed by atoms with Crippen LogP contribution >= 0.6 is 8.38 Å². The Morgan fingerprint density at radius 1 is 1.45 bits per heavy atom. The predicted octanol–water partition coefficient (Wildman–Crippen LogP) is -0.0168. The van der Waals surface area contributed by atoms with Crippen LogP contribution in [0.3, 0.4) is 0 Å². The molecule has 0 atom stereocenters. The van der Waals surface area contributed by atoms with Crippen LogP contribution < -0.4 is 5.56 Å². The lowest BCUT2D eigenvalue weighted by Crippen LogP contribution is -2.19. The highest BCUT2D eigenvalue weighted by atomic mass is 31.2. The Hall–Kier alpha value is -2.02. The molecule has 0 aliphatic rings. The Morgan fingerprint density at radius 3 is 2.75 bits per heavy atom. The number of hydrogen-bond donors (Lipinski definition) is 3. The maximum absolute atomic E-state index is 12.0. The van der Waals surface area contributed by atoms with Crippen molar-refractivity contribution in [3.8, 4) is 5.75 Å². The van der Waals surface area contributed by atoms with Gasteiger partial charge >= 0.3 is 11.5 Å². The molecule has 0 aliphatic carbocycles.